The first-order valence-electron chi connectivity index (χ1n) is 19.1. The summed E-state index contributed by atoms with van der Waals surface area (Å²) in [7, 11) is 3.22. The minimum atomic E-state index is -4.65. The van der Waals surface area contributed by atoms with E-state index >= 15 is 0 Å². The van der Waals surface area contributed by atoms with Gasteiger partial charge in [-0.2, -0.15) is 18.3 Å². The number of aromatic nitrogens is 5. The molecule has 0 radical (unpaired) electrons. The molecule has 2 aromatic carbocycles. The maximum atomic E-state index is 13.5. The first-order chi connectivity index (χ1) is 26.8. The van der Waals surface area contributed by atoms with Crippen molar-refractivity contribution >= 4 is 51.0 Å². The first kappa shape index (κ1) is 37.4. The predicted octanol–water partition coefficient (Wildman–Crippen LogP) is 5.54. The fourth-order valence-corrected chi connectivity index (χ4v) is 8.66. The number of likely N-dealkylation sites (tertiary alicyclic amines) is 1. The molecule has 1 unspecified atom stereocenters. The fourth-order valence-electron chi connectivity index (χ4n) is 8.66. The van der Waals surface area contributed by atoms with Gasteiger partial charge in [-0.25, -0.2) is 9.78 Å². The Labute approximate surface area is 320 Å². The number of halogens is 3. The highest BCUT2D eigenvalue weighted by Gasteiger charge is 2.36. The third-order valence-electron chi connectivity index (χ3n) is 11.8. The van der Waals surface area contributed by atoms with E-state index in [4.69, 9.17) is 5.10 Å². The van der Waals surface area contributed by atoms with Gasteiger partial charge < -0.3 is 10.2 Å². The van der Waals surface area contributed by atoms with Gasteiger partial charge in [-0.05, 0) is 86.9 Å². The minimum absolute atomic E-state index is 0.222. The number of fused-ring (bicyclic) bond motifs is 2. The molecule has 16 heteroatoms. The Morgan fingerprint density at radius 3 is 2.39 bits per heavy atom. The average Bonchev–Trinajstić information content (AvgIpc) is 3.71. The molecule has 8 rings (SSSR count). The number of carbonyl (C=O) groups excluding carboxylic acids is 3. The summed E-state index contributed by atoms with van der Waals surface area (Å²) >= 11 is 0. The largest absolute Gasteiger partial charge is 0.433 e. The van der Waals surface area contributed by atoms with Crippen LogP contribution in [0.1, 0.15) is 72.4 Å². The molecule has 3 fully saturated rings. The number of imidazole rings is 1. The summed E-state index contributed by atoms with van der Waals surface area (Å²) in [4.78, 5) is 61.0. The van der Waals surface area contributed by atoms with E-state index in [1.165, 1.54) is 19.2 Å². The summed E-state index contributed by atoms with van der Waals surface area (Å²) in [5.74, 6) is -0.733. The Hall–Kier alpha value is -5.51. The van der Waals surface area contributed by atoms with E-state index in [-0.39, 0.29) is 35.7 Å². The van der Waals surface area contributed by atoms with Crippen LogP contribution in [-0.4, -0.2) is 91.2 Å². The number of carbonyl (C=O) groups is 3. The van der Waals surface area contributed by atoms with Crippen LogP contribution in [0.25, 0.3) is 21.9 Å². The summed E-state index contributed by atoms with van der Waals surface area (Å²) in [6, 6.07) is 12.3. The number of aryl methyl sites for hydroxylation is 2. The lowest BCUT2D eigenvalue weighted by Gasteiger charge is -2.39. The summed E-state index contributed by atoms with van der Waals surface area (Å²) in [5, 5.41) is 8.42. The number of hydrogen-bond donors (Lipinski definition) is 1. The van der Waals surface area contributed by atoms with Gasteiger partial charge in [-0.3, -0.25) is 38.0 Å². The number of pyridine rings is 1. The fraction of sp³-hybridized carbons (Fsp3) is 0.450. The maximum absolute atomic E-state index is 13.5. The Balaban J connectivity index is 0.871. The van der Waals surface area contributed by atoms with Gasteiger partial charge in [0.15, 0.2) is 0 Å². The number of likely N-dealkylation sites (N-methyl/N-ethyl adjacent to an activating group) is 1. The molecule has 2 aliphatic heterocycles. The van der Waals surface area contributed by atoms with Crippen molar-refractivity contribution in [1.82, 2.24) is 33.7 Å². The molecule has 5 heterocycles. The number of piperazine rings is 1. The van der Waals surface area contributed by atoms with Crippen molar-refractivity contribution in [3.8, 4) is 0 Å². The number of amides is 3. The summed E-state index contributed by atoms with van der Waals surface area (Å²) in [6.07, 6.45) is 1.98. The van der Waals surface area contributed by atoms with Crippen LogP contribution in [0.5, 0.6) is 0 Å². The Kier molecular flexibility index (Phi) is 9.71. The second-order valence-electron chi connectivity index (χ2n) is 15.4. The molecular weight excluding hydrogens is 727 g/mol. The molecule has 1 N–H and O–H groups in total. The monoisotopic (exact) mass is 771 g/mol. The zero-order valence-electron chi connectivity index (χ0n) is 31.6. The van der Waals surface area contributed by atoms with Crippen LogP contribution in [0.2, 0.25) is 0 Å². The molecule has 294 valence electrons. The molecule has 3 aliphatic rings. The zero-order valence-corrected chi connectivity index (χ0v) is 31.6. The third-order valence-corrected chi connectivity index (χ3v) is 11.8. The van der Waals surface area contributed by atoms with Crippen molar-refractivity contribution in [1.29, 1.82) is 0 Å². The molecule has 3 amide bonds. The minimum Gasteiger partial charge on any atom is -0.367 e. The highest BCUT2D eigenvalue weighted by molar-refractivity contribution is 6.04. The smallest absolute Gasteiger partial charge is 0.367 e. The van der Waals surface area contributed by atoms with E-state index < -0.39 is 23.8 Å². The molecular formula is C40H44F3N9O4. The molecule has 13 nitrogen and oxygen atoms in total. The number of para-hydroxylation sites is 1. The highest BCUT2D eigenvalue weighted by atomic mass is 19.4. The average molecular weight is 772 g/mol. The van der Waals surface area contributed by atoms with E-state index in [1.54, 1.807) is 22.2 Å². The molecule has 2 saturated heterocycles. The van der Waals surface area contributed by atoms with Crippen molar-refractivity contribution in [2.45, 2.75) is 63.7 Å². The second kappa shape index (κ2) is 14.5. The lowest BCUT2D eigenvalue weighted by atomic mass is 9.85. The Morgan fingerprint density at radius 2 is 1.66 bits per heavy atom. The predicted molar refractivity (Wildman–Crippen MR) is 205 cm³/mol. The van der Waals surface area contributed by atoms with Crippen molar-refractivity contribution < 1.29 is 27.6 Å². The number of piperidine rings is 1. The SMILES string of the molecule is Cc1cc2nn(C3CCC(CN4CCN(c5cccc6c5n(C)c(=O)n6C5CCC(=O)N(C)C5=O)CC4)CC3)cc2cc1NC(=O)c1cccc(C(F)(F)F)n1. The molecule has 1 atom stereocenters. The van der Waals surface area contributed by atoms with Crippen LogP contribution in [0, 0.1) is 12.8 Å². The van der Waals surface area contributed by atoms with Gasteiger partial charge >= 0.3 is 11.9 Å². The molecule has 56 heavy (non-hydrogen) atoms. The van der Waals surface area contributed by atoms with E-state index in [0.717, 1.165) is 97.0 Å². The van der Waals surface area contributed by atoms with Gasteiger partial charge in [0.1, 0.15) is 17.4 Å². The van der Waals surface area contributed by atoms with Crippen LogP contribution in [0.15, 0.2) is 59.5 Å². The van der Waals surface area contributed by atoms with E-state index in [9.17, 15) is 32.3 Å². The summed E-state index contributed by atoms with van der Waals surface area (Å²) < 4.78 is 44.6. The first-order valence-corrected chi connectivity index (χ1v) is 19.1. The van der Waals surface area contributed by atoms with Crippen LogP contribution in [-0.2, 0) is 22.8 Å². The summed E-state index contributed by atoms with van der Waals surface area (Å²) in [5.41, 5.74) is 2.81. The number of nitrogens with one attached hydrogen (secondary N) is 1. The van der Waals surface area contributed by atoms with E-state index in [1.807, 2.05) is 42.1 Å². The molecule has 3 aromatic heterocycles. The number of rotatable bonds is 7. The van der Waals surface area contributed by atoms with Gasteiger partial charge in [0.25, 0.3) is 11.8 Å². The number of anilines is 2. The second-order valence-corrected chi connectivity index (χ2v) is 15.4. The van der Waals surface area contributed by atoms with Crippen LogP contribution >= 0.6 is 0 Å². The zero-order chi connectivity index (χ0) is 39.5. The number of benzene rings is 2. The van der Waals surface area contributed by atoms with Gasteiger partial charge in [-0.15, -0.1) is 0 Å². The lowest BCUT2D eigenvalue weighted by Crippen LogP contribution is -2.48. The van der Waals surface area contributed by atoms with Gasteiger partial charge in [0.05, 0.1) is 28.3 Å². The van der Waals surface area contributed by atoms with E-state index in [0.29, 0.717) is 23.5 Å². The van der Waals surface area contributed by atoms with Gasteiger partial charge in [-0.1, -0.05) is 12.1 Å². The molecule has 1 saturated carbocycles. The molecule has 0 bridgehead atoms. The molecule has 5 aromatic rings. The van der Waals surface area contributed by atoms with Crippen molar-refractivity contribution in [2.24, 2.45) is 13.0 Å². The van der Waals surface area contributed by atoms with Crippen LogP contribution < -0.4 is 15.9 Å². The quantitative estimate of drug-likeness (QED) is 0.214. The van der Waals surface area contributed by atoms with Gasteiger partial charge in [0, 0.05) is 70.5 Å². The Bertz CT molecular complexity index is 2400. The third kappa shape index (κ3) is 6.94. The van der Waals surface area contributed by atoms with Crippen molar-refractivity contribution in [3.05, 3.63) is 82.2 Å². The highest BCUT2D eigenvalue weighted by Crippen LogP contribution is 2.36. The lowest BCUT2D eigenvalue weighted by molar-refractivity contribution is -0.149. The molecule has 1 aliphatic carbocycles. The Morgan fingerprint density at radius 1 is 0.929 bits per heavy atom. The van der Waals surface area contributed by atoms with Crippen LogP contribution in [0.4, 0.5) is 24.5 Å². The topological polar surface area (TPSA) is 131 Å². The number of nitrogens with zero attached hydrogens (tertiary/aromatic N) is 8. The van der Waals surface area contributed by atoms with Crippen molar-refractivity contribution in [3.63, 3.8) is 0 Å². The maximum Gasteiger partial charge on any atom is 0.433 e. The standard InChI is InChI=1S/C40H44F3N9O4/c1-24-20-30-26(21-29(24)45-37(54)28-6-4-9-34(44-28)40(41,42)43)23-51(46-30)27-12-10-25(11-13-27)22-49-16-18-50(19-17-49)31-7-5-8-32-36(31)48(3)39(56)52(32)33-14-15-35(53)47(2)38(33)55/h4-9,20-21,23,25,27,33H,10-19,22H2,1-3H3,(H,45,54). The number of hydrogen-bond acceptors (Lipinski definition) is 8. The van der Waals surface area contributed by atoms with Crippen molar-refractivity contribution in [2.75, 3.05) is 50.0 Å². The summed E-state index contributed by atoms with van der Waals surface area (Å²) in [6.45, 7) is 6.25. The number of imide groups is 1. The molecule has 0 spiro atoms. The van der Waals surface area contributed by atoms with Gasteiger partial charge in [0.2, 0.25) is 5.91 Å². The van der Waals surface area contributed by atoms with Crippen LogP contribution in [0.3, 0.4) is 0 Å². The number of alkyl halides is 3. The normalized spacial score (nSPS) is 21.4. The van der Waals surface area contributed by atoms with E-state index in [2.05, 4.69) is 20.1 Å².